The minimum absolute atomic E-state index is 0.190. The Morgan fingerprint density at radius 1 is 1.03 bits per heavy atom. The summed E-state index contributed by atoms with van der Waals surface area (Å²) in [6.07, 6.45) is 0.752. The Morgan fingerprint density at radius 2 is 1.75 bits per heavy atom. The summed E-state index contributed by atoms with van der Waals surface area (Å²) in [5.74, 6) is 0.973. The first kappa shape index (κ1) is 23.8. The molecule has 2 heterocycles. The van der Waals surface area contributed by atoms with Gasteiger partial charge in [0, 0.05) is 29.2 Å². The Labute approximate surface area is 213 Å². The van der Waals surface area contributed by atoms with E-state index in [0.29, 0.717) is 59.7 Å². The average molecular weight is 504 g/mol. The maximum atomic E-state index is 13.4. The Balaban J connectivity index is 1.43. The van der Waals surface area contributed by atoms with Crippen LogP contribution >= 0.6 is 12.2 Å². The minimum atomic E-state index is -0.317. The second-order valence-corrected chi connectivity index (χ2v) is 9.13. The molecular weight excluding hydrogens is 477 g/mol. The third-order valence-electron chi connectivity index (χ3n) is 6.24. The average Bonchev–Trinajstić information content (AvgIpc) is 2.88. The number of nitrogens with one attached hydrogen (secondary N) is 2. The van der Waals surface area contributed by atoms with Gasteiger partial charge >= 0.3 is 0 Å². The number of pyridine rings is 1. The number of benzene rings is 3. The predicted octanol–water partition coefficient (Wildman–Crippen LogP) is 5.19. The van der Waals surface area contributed by atoms with Gasteiger partial charge in [-0.25, -0.2) is 4.39 Å². The molecule has 8 heteroatoms. The summed E-state index contributed by atoms with van der Waals surface area (Å²) in [5.41, 5.74) is 4.16. The van der Waals surface area contributed by atoms with Gasteiger partial charge in [-0.2, -0.15) is 0 Å². The van der Waals surface area contributed by atoms with E-state index in [2.05, 4.69) is 29.4 Å². The van der Waals surface area contributed by atoms with Gasteiger partial charge in [-0.15, -0.1) is 0 Å². The smallest absolute Gasteiger partial charge is 0.253 e. The van der Waals surface area contributed by atoms with Gasteiger partial charge in [-0.05, 0) is 73.1 Å². The molecule has 6 nitrogen and oxygen atoms in total. The van der Waals surface area contributed by atoms with Crippen molar-refractivity contribution in [3.63, 3.8) is 0 Å². The zero-order chi connectivity index (χ0) is 25.1. The second-order valence-electron chi connectivity index (χ2n) is 8.74. The molecule has 0 amide bonds. The van der Waals surface area contributed by atoms with Gasteiger partial charge in [0.05, 0.1) is 12.1 Å². The number of halogens is 1. The molecule has 184 valence electrons. The lowest BCUT2D eigenvalue weighted by molar-refractivity contribution is 0.172. The second kappa shape index (κ2) is 10.4. The highest BCUT2D eigenvalue weighted by Gasteiger charge is 2.17. The molecule has 1 aliphatic heterocycles. The minimum Gasteiger partial charge on any atom is -0.486 e. The Hall–Kier alpha value is -3.91. The van der Waals surface area contributed by atoms with Crippen molar-refractivity contribution in [2.75, 3.05) is 25.1 Å². The van der Waals surface area contributed by atoms with Crippen molar-refractivity contribution in [1.29, 1.82) is 0 Å². The molecule has 0 unspecified atom stereocenters. The summed E-state index contributed by atoms with van der Waals surface area (Å²) in [6, 6.07) is 19.8. The predicted molar refractivity (Wildman–Crippen MR) is 143 cm³/mol. The summed E-state index contributed by atoms with van der Waals surface area (Å²) in [4.78, 5) is 18.0. The van der Waals surface area contributed by atoms with Crippen LogP contribution in [-0.4, -0.2) is 34.8 Å². The van der Waals surface area contributed by atoms with Gasteiger partial charge in [-0.1, -0.05) is 24.3 Å². The van der Waals surface area contributed by atoms with E-state index in [9.17, 15) is 9.18 Å². The van der Waals surface area contributed by atoms with Crippen LogP contribution in [0.1, 0.15) is 16.7 Å². The fraction of sp³-hybridized carbons (Fsp3) is 0.214. The number of aromatic amines is 1. The summed E-state index contributed by atoms with van der Waals surface area (Å²) in [5, 5.41) is 4.49. The molecule has 0 aliphatic carbocycles. The number of rotatable bonds is 6. The van der Waals surface area contributed by atoms with Crippen molar-refractivity contribution in [2.24, 2.45) is 0 Å². The van der Waals surface area contributed by atoms with E-state index in [1.54, 1.807) is 18.2 Å². The summed E-state index contributed by atoms with van der Waals surface area (Å²) >= 11 is 5.73. The van der Waals surface area contributed by atoms with E-state index in [4.69, 9.17) is 21.7 Å². The molecule has 0 saturated heterocycles. The number of nitrogens with zero attached hydrogens (tertiary/aromatic N) is 1. The van der Waals surface area contributed by atoms with Gasteiger partial charge in [0.2, 0.25) is 0 Å². The number of fused-ring (bicyclic) bond motifs is 2. The van der Waals surface area contributed by atoms with Crippen molar-refractivity contribution >= 4 is 33.9 Å². The fourth-order valence-electron chi connectivity index (χ4n) is 4.25. The van der Waals surface area contributed by atoms with Crippen LogP contribution in [0.15, 0.2) is 71.5 Å². The molecule has 0 fully saturated rings. The number of hydrogen-bond donors (Lipinski definition) is 2. The first-order valence-corrected chi connectivity index (χ1v) is 12.2. The number of H-pyrrole nitrogens is 1. The third-order valence-corrected chi connectivity index (χ3v) is 6.60. The number of hydrogen-bond acceptors (Lipinski definition) is 4. The lowest BCUT2D eigenvalue weighted by Crippen LogP contribution is -2.37. The molecule has 1 aliphatic rings. The Kier molecular flexibility index (Phi) is 6.86. The van der Waals surface area contributed by atoms with Crippen LogP contribution in [-0.2, 0) is 13.0 Å². The Bertz CT molecular complexity index is 1470. The molecule has 2 N–H and O–H groups in total. The number of aromatic nitrogens is 1. The SMILES string of the molecule is Cc1ccccc1CCN(Cc1cc2cc3c(cc2[nH]c1=O)OCCO3)C(=S)Nc1ccc(F)cc1. The summed E-state index contributed by atoms with van der Waals surface area (Å²) < 4.78 is 24.7. The number of aryl methyl sites for hydroxylation is 1. The quantitative estimate of drug-likeness (QED) is 0.353. The maximum Gasteiger partial charge on any atom is 0.253 e. The van der Waals surface area contributed by atoms with Crippen molar-refractivity contribution in [1.82, 2.24) is 9.88 Å². The van der Waals surface area contributed by atoms with E-state index < -0.39 is 0 Å². The van der Waals surface area contributed by atoms with Gasteiger partial charge in [0.15, 0.2) is 16.6 Å². The number of ether oxygens (including phenoxy) is 2. The number of thiocarbonyl (C=S) groups is 1. The molecule has 0 spiro atoms. The van der Waals surface area contributed by atoms with Crippen LogP contribution in [0.4, 0.5) is 10.1 Å². The first-order chi connectivity index (χ1) is 17.5. The molecule has 0 bridgehead atoms. The van der Waals surface area contributed by atoms with E-state index >= 15 is 0 Å². The first-order valence-electron chi connectivity index (χ1n) is 11.8. The third kappa shape index (κ3) is 5.33. The summed E-state index contributed by atoms with van der Waals surface area (Å²) in [7, 11) is 0. The zero-order valence-electron chi connectivity index (χ0n) is 19.8. The largest absolute Gasteiger partial charge is 0.486 e. The molecule has 36 heavy (non-hydrogen) atoms. The van der Waals surface area contributed by atoms with Gasteiger partial charge in [0.25, 0.3) is 5.56 Å². The number of anilines is 1. The highest BCUT2D eigenvalue weighted by molar-refractivity contribution is 7.80. The van der Waals surface area contributed by atoms with E-state index in [1.807, 2.05) is 29.2 Å². The summed E-state index contributed by atoms with van der Waals surface area (Å²) in [6.45, 7) is 3.95. The highest BCUT2D eigenvalue weighted by atomic mass is 32.1. The van der Waals surface area contributed by atoms with Gasteiger partial charge in [0.1, 0.15) is 19.0 Å². The van der Waals surface area contributed by atoms with Crippen LogP contribution in [0.3, 0.4) is 0 Å². The lowest BCUT2D eigenvalue weighted by Gasteiger charge is -2.26. The monoisotopic (exact) mass is 503 g/mol. The highest BCUT2D eigenvalue weighted by Crippen LogP contribution is 2.33. The normalized spacial score (nSPS) is 12.4. The van der Waals surface area contributed by atoms with E-state index in [-0.39, 0.29) is 11.4 Å². The fourth-order valence-corrected chi connectivity index (χ4v) is 4.52. The van der Waals surface area contributed by atoms with Crippen LogP contribution in [0.2, 0.25) is 0 Å². The van der Waals surface area contributed by atoms with Crippen LogP contribution < -0.4 is 20.3 Å². The molecule has 0 radical (unpaired) electrons. The molecule has 0 saturated carbocycles. The van der Waals surface area contributed by atoms with E-state index in [1.165, 1.54) is 23.3 Å². The van der Waals surface area contributed by atoms with Crippen molar-refractivity contribution in [3.05, 3.63) is 99.6 Å². The van der Waals surface area contributed by atoms with Gasteiger partial charge in [-0.3, -0.25) is 4.79 Å². The topological polar surface area (TPSA) is 66.6 Å². The maximum absolute atomic E-state index is 13.4. The van der Waals surface area contributed by atoms with Crippen molar-refractivity contribution in [2.45, 2.75) is 19.9 Å². The van der Waals surface area contributed by atoms with Crippen LogP contribution in [0.25, 0.3) is 10.9 Å². The molecule has 4 aromatic rings. The molecule has 3 aromatic carbocycles. The van der Waals surface area contributed by atoms with Crippen LogP contribution in [0, 0.1) is 12.7 Å². The Morgan fingerprint density at radius 3 is 2.50 bits per heavy atom. The standard InChI is InChI=1S/C28H26FN3O3S/c1-18-4-2-3-5-19(18)10-11-32(28(36)30-23-8-6-22(29)7-9-23)17-21-14-20-15-25-26(35-13-12-34-25)16-24(20)31-27(21)33/h2-9,14-16H,10-13,17H2,1H3,(H,30,36)(H,31,33). The van der Waals surface area contributed by atoms with Gasteiger partial charge < -0.3 is 24.7 Å². The van der Waals surface area contributed by atoms with Crippen LogP contribution in [0.5, 0.6) is 11.5 Å². The van der Waals surface area contributed by atoms with Crippen molar-refractivity contribution < 1.29 is 13.9 Å². The lowest BCUT2D eigenvalue weighted by atomic mass is 10.1. The zero-order valence-corrected chi connectivity index (χ0v) is 20.7. The van der Waals surface area contributed by atoms with Crippen molar-refractivity contribution in [3.8, 4) is 11.5 Å². The molecule has 5 rings (SSSR count). The molecule has 0 atom stereocenters. The molecule has 1 aromatic heterocycles. The van der Waals surface area contributed by atoms with E-state index in [0.717, 1.165) is 11.8 Å². The molecular formula is C28H26FN3O3S.